The first-order valence-corrected chi connectivity index (χ1v) is 9.90. The van der Waals surface area contributed by atoms with Gasteiger partial charge in [0, 0.05) is 18.6 Å². The van der Waals surface area contributed by atoms with Gasteiger partial charge in [0.25, 0.3) is 0 Å². The summed E-state index contributed by atoms with van der Waals surface area (Å²) < 4.78 is 13.4. The Morgan fingerprint density at radius 2 is 1.53 bits per heavy atom. The first-order chi connectivity index (χ1) is 14.5. The molecule has 154 valence electrons. The van der Waals surface area contributed by atoms with E-state index in [0.717, 1.165) is 11.1 Å². The van der Waals surface area contributed by atoms with E-state index in [1.807, 2.05) is 30.3 Å². The van der Waals surface area contributed by atoms with Crippen molar-refractivity contribution in [2.75, 3.05) is 7.05 Å². The molecule has 0 unspecified atom stereocenters. The zero-order valence-electron chi connectivity index (χ0n) is 16.5. The monoisotopic (exact) mass is 424 g/mol. The van der Waals surface area contributed by atoms with Gasteiger partial charge in [-0.2, -0.15) is 0 Å². The quantitative estimate of drug-likeness (QED) is 0.605. The van der Waals surface area contributed by atoms with E-state index in [-0.39, 0.29) is 30.6 Å². The molecule has 3 aromatic carbocycles. The minimum Gasteiger partial charge on any atom is -0.357 e. The number of hydrogen-bond acceptors (Lipinski definition) is 2. The lowest BCUT2D eigenvalue weighted by atomic mass is 10.0. The van der Waals surface area contributed by atoms with Crippen molar-refractivity contribution in [1.29, 1.82) is 0 Å². The van der Waals surface area contributed by atoms with E-state index in [2.05, 4.69) is 5.32 Å². The van der Waals surface area contributed by atoms with Crippen molar-refractivity contribution in [1.82, 2.24) is 10.2 Å². The highest BCUT2D eigenvalue weighted by Gasteiger charge is 2.30. The van der Waals surface area contributed by atoms with Crippen LogP contribution in [0.25, 0.3) is 0 Å². The topological polar surface area (TPSA) is 49.4 Å². The third-order valence-electron chi connectivity index (χ3n) is 4.78. The molecule has 0 aromatic heterocycles. The second-order valence-electron chi connectivity index (χ2n) is 6.88. The number of nitrogens with one attached hydrogen (secondary N) is 1. The van der Waals surface area contributed by atoms with Crippen molar-refractivity contribution >= 4 is 23.4 Å². The lowest BCUT2D eigenvalue weighted by Gasteiger charge is -2.31. The molecule has 1 N–H and O–H groups in total. The van der Waals surface area contributed by atoms with Crippen LogP contribution in [-0.2, 0) is 22.6 Å². The Kier molecular flexibility index (Phi) is 7.20. The molecule has 0 aliphatic heterocycles. The van der Waals surface area contributed by atoms with Crippen LogP contribution in [0.5, 0.6) is 0 Å². The first-order valence-electron chi connectivity index (χ1n) is 9.53. The molecule has 3 aromatic rings. The van der Waals surface area contributed by atoms with Crippen LogP contribution in [0.3, 0.4) is 0 Å². The van der Waals surface area contributed by atoms with Crippen molar-refractivity contribution < 1.29 is 14.0 Å². The van der Waals surface area contributed by atoms with Crippen LogP contribution in [0.15, 0.2) is 78.9 Å². The Bertz CT molecular complexity index is 992. The lowest BCUT2D eigenvalue weighted by molar-refractivity contribution is -0.141. The zero-order valence-corrected chi connectivity index (χ0v) is 17.3. The molecule has 0 fully saturated rings. The molecule has 0 radical (unpaired) electrons. The van der Waals surface area contributed by atoms with Crippen molar-refractivity contribution in [2.45, 2.75) is 19.0 Å². The van der Waals surface area contributed by atoms with Gasteiger partial charge >= 0.3 is 0 Å². The third kappa shape index (κ3) is 5.45. The van der Waals surface area contributed by atoms with Gasteiger partial charge in [0.1, 0.15) is 11.9 Å². The predicted octanol–water partition coefficient (Wildman–Crippen LogP) is 4.54. The maximum Gasteiger partial charge on any atom is 0.247 e. The fourth-order valence-corrected chi connectivity index (χ4v) is 3.36. The minimum atomic E-state index is -0.818. The summed E-state index contributed by atoms with van der Waals surface area (Å²) in [7, 11) is 1.54. The number of amides is 2. The molecule has 1 atom stereocenters. The molecule has 6 heteroatoms. The summed E-state index contributed by atoms with van der Waals surface area (Å²) >= 11 is 5.94. The Labute approximate surface area is 180 Å². The first kappa shape index (κ1) is 21.5. The molecule has 30 heavy (non-hydrogen) atoms. The number of carbonyl (C=O) groups is 2. The van der Waals surface area contributed by atoms with Crippen LogP contribution >= 0.6 is 11.6 Å². The predicted molar refractivity (Wildman–Crippen MR) is 115 cm³/mol. The van der Waals surface area contributed by atoms with Gasteiger partial charge in [0.2, 0.25) is 11.8 Å². The Hall–Kier alpha value is -3.18. The number of carbonyl (C=O) groups excluding carboxylic acids is 2. The van der Waals surface area contributed by atoms with Gasteiger partial charge in [-0.05, 0) is 41.0 Å². The summed E-state index contributed by atoms with van der Waals surface area (Å²) in [6, 6.07) is 21.2. The molecule has 0 heterocycles. The van der Waals surface area contributed by atoms with Gasteiger partial charge in [-0.25, -0.2) is 4.39 Å². The van der Waals surface area contributed by atoms with E-state index >= 15 is 0 Å². The SMILES string of the molecule is CNC(=O)[C@H](c1ccccc1)N(Cc1ccc(F)cc1)C(=O)Cc1ccc(Cl)cc1. The van der Waals surface area contributed by atoms with Gasteiger partial charge in [0.05, 0.1) is 6.42 Å². The van der Waals surface area contributed by atoms with Gasteiger partial charge in [-0.15, -0.1) is 0 Å². The lowest BCUT2D eigenvalue weighted by Crippen LogP contribution is -2.43. The van der Waals surface area contributed by atoms with E-state index in [1.54, 1.807) is 36.4 Å². The van der Waals surface area contributed by atoms with Crippen molar-refractivity contribution in [3.8, 4) is 0 Å². The van der Waals surface area contributed by atoms with Gasteiger partial charge < -0.3 is 10.2 Å². The summed E-state index contributed by atoms with van der Waals surface area (Å²) in [5.41, 5.74) is 2.21. The zero-order chi connectivity index (χ0) is 21.5. The number of hydrogen-bond donors (Lipinski definition) is 1. The summed E-state index contributed by atoms with van der Waals surface area (Å²) in [5.74, 6) is -0.879. The summed E-state index contributed by atoms with van der Waals surface area (Å²) in [6.45, 7) is 0.166. The van der Waals surface area contributed by atoms with Crippen LogP contribution in [-0.4, -0.2) is 23.8 Å². The molecule has 3 rings (SSSR count). The minimum absolute atomic E-state index is 0.110. The number of likely N-dealkylation sites (N-methyl/N-ethyl adjacent to an activating group) is 1. The van der Waals surface area contributed by atoms with Gasteiger partial charge in [-0.3, -0.25) is 9.59 Å². The second kappa shape index (κ2) is 10.0. The highest BCUT2D eigenvalue weighted by molar-refractivity contribution is 6.30. The van der Waals surface area contributed by atoms with Crippen molar-refractivity contribution in [3.63, 3.8) is 0 Å². The highest BCUT2D eigenvalue weighted by atomic mass is 35.5. The molecule has 2 amide bonds. The van der Waals surface area contributed by atoms with Crippen LogP contribution in [0.4, 0.5) is 4.39 Å². The largest absolute Gasteiger partial charge is 0.357 e. The Balaban J connectivity index is 1.97. The average Bonchev–Trinajstić information content (AvgIpc) is 2.76. The average molecular weight is 425 g/mol. The van der Waals surface area contributed by atoms with E-state index in [1.165, 1.54) is 24.1 Å². The summed E-state index contributed by atoms with van der Waals surface area (Å²) in [4.78, 5) is 27.7. The fraction of sp³-hybridized carbons (Fsp3) is 0.167. The maximum atomic E-state index is 13.4. The van der Waals surface area contributed by atoms with Crippen LogP contribution < -0.4 is 5.32 Å². The normalized spacial score (nSPS) is 11.6. The van der Waals surface area contributed by atoms with Crippen LogP contribution in [0.2, 0.25) is 5.02 Å². The van der Waals surface area contributed by atoms with Crippen molar-refractivity contribution in [3.05, 3.63) is 106 Å². The smallest absolute Gasteiger partial charge is 0.247 e. The Morgan fingerprint density at radius 3 is 2.13 bits per heavy atom. The second-order valence-corrected chi connectivity index (χ2v) is 7.32. The maximum absolute atomic E-state index is 13.4. The molecule has 4 nitrogen and oxygen atoms in total. The Morgan fingerprint density at radius 1 is 0.933 bits per heavy atom. The molecular weight excluding hydrogens is 403 g/mol. The van der Waals surface area contributed by atoms with E-state index < -0.39 is 6.04 Å². The number of nitrogens with zero attached hydrogens (tertiary/aromatic N) is 1. The molecule has 0 bridgehead atoms. The molecule has 0 saturated carbocycles. The fourth-order valence-electron chi connectivity index (χ4n) is 3.23. The van der Waals surface area contributed by atoms with Gasteiger partial charge in [-0.1, -0.05) is 66.2 Å². The van der Waals surface area contributed by atoms with Gasteiger partial charge in [0.15, 0.2) is 0 Å². The third-order valence-corrected chi connectivity index (χ3v) is 5.03. The number of benzene rings is 3. The van der Waals surface area contributed by atoms with E-state index in [0.29, 0.717) is 10.6 Å². The van der Waals surface area contributed by atoms with E-state index in [9.17, 15) is 14.0 Å². The summed E-state index contributed by atoms with van der Waals surface area (Å²) in [5, 5.41) is 3.24. The molecule has 0 aliphatic carbocycles. The van der Waals surface area contributed by atoms with Crippen LogP contribution in [0.1, 0.15) is 22.7 Å². The molecular formula is C24H22ClFN2O2. The molecule has 0 aliphatic rings. The standard InChI is InChI=1S/C24H22ClFN2O2/c1-27-24(30)23(19-5-3-2-4-6-19)28(16-18-9-13-21(26)14-10-18)22(29)15-17-7-11-20(25)12-8-17/h2-14,23H,15-16H2,1H3,(H,27,30)/t23-/m0/s1. The van der Waals surface area contributed by atoms with Crippen LogP contribution in [0, 0.1) is 5.82 Å². The number of rotatable bonds is 7. The molecule has 0 spiro atoms. The summed E-state index contributed by atoms with van der Waals surface area (Å²) in [6.07, 6.45) is 0.110. The van der Waals surface area contributed by atoms with Crippen molar-refractivity contribution in [2.24, 2.45) is 0 Å². The number of halogens is 2. The molecule has 0 saturated heterocycles. The van der Waals surface area contributed by atoms with E-state index in [4.69, 9.17) is 11.6 Å². The highest BCUT2D eigenvalue weighted by Crippen LogP contribution is 2.25.